The second-order valence-electron chi connectivity index (χ2n) is 5.53. The first-order valence-electron chi connectivity index (χ1n) is 7.31. The fourth-order valence-corrected chi connectivity index (χ4v) is 3.08. The van der Waals surface area contributed by atoms with E-state index in [1.165, 1.54) is 57.8 Å². The molecule has 1 saturated carbocycles. The van der Waals surface area contributed by atoms with Gasteiger partial charge in [-0.25, -0.2) is 0 Å². The van der Waals surface area contributed by atoms with Crippen LogP contribution in [0.2, 0.25) is 0 Å². The molecule has 0 spiro atoms. The van der Waals surface area contributed by atoms with Crippen molar-refractivity contribution in [1.29, 1.82) is 0 Å². The molecule has 3 atom stereocenters. The zero-order valence-corrected chi connectivity index (χ0v) is 11.1. The molecule has 3 unspecified atom stereocenters. The summed E-state index contributed by atoms with van der Waals surface area (Å²) >= 11 is 0. The van der Waals surface area contributed by atoms with Gasteiger partial charge in [0, 0.05) is 0 Å². The van der Waals surface area contributed by atoms with Gasteiger partial charge in [0.05, 0.1) is 0 Å². The van der Waals surface area contributed by atoms with Crippen LogP contribution in [0, 0.1) is 17.8 Å². The summed E-state index contributed by atoms with van der Waals surface area (Å²) in [4.78, 5) is 0. The quantitative estimate of drug-likeness (QED) is 0.446. The Balaban J connectivity index is 1.89. The third kappa shape index (κ3) is 4.57. The number of hydrogen-bond acceptors (Lipinski definition) is 0. The molecule has 0 aliphatic heterocycles. The van der Waals surface area contributed by atoms with E-state index in [4.69, 9.17) is 0 Å². The average Bonchev–Trinajstić information content (AvgIpc) is 2.83. The lowest BCUT2D eigenvalue weighted by molar-refractivity contribution is 0.534. The van der Waals surface area contributed by atoms with Crippen LogP contribution in [-0.2, 0) is 0 Å². The maximum atomic E-state index is 2.46. The van der Waals surface area contributed by atoms with Crippen LogP contribution in [0.1, 0.15) is 78.6 Å². The molecule has 0 nitrogen and oxygen atoms in total. The highest BCUT2D eigenvalue weighted by atomic mass is 14.5. The van der Waals surface area contributed by atoms with Gasteiger partial charge in [-0.05, 0) is 24.2 Å². The van der Waals surface area contributed by atoms with Gasteiger partial charge in [0.1, 0.15) is 0 Å². The molecule has 15 heavy (non-hydrogen) atoms. The first kappa shape index (κ1) is 13.1. The minimum Gasteiger partial charge on any atom is -0.0654 e. The fourth-order valence-electron chi connectivity index (χ4n) is 3.08. The lowest BCUT2D eigenvalue weighted by Crippen LogP contribution is -1.85. The Morgan fingerprint density at radius 3 is 1.93 bits per heavy atom. The van der Waals surface area contributed by atoms with Gasteiger partial charge in [0.25, 0.3) is 0 Å². The second kappa shape index (κ2) is 7.30. The normalized spacial score (nSPS) is 29.4. The Morgan fingerprint density at radius 1 is 0.667 bits per heavy atom. The Hall–Kier alpha value is 0. The van der Waals surface area contributed by atoms with Gasteiger partial charge >= 0.3 is 0 Å². The topological polar surface area (TPSA) is 0 Å². The van der Waals surface area contributed by atoms with E-state index in [2.05, 4.69) is 20.8 Å². The molecular formula is C15H30. The second-order valence-corrected chi connectivity index (χ2v) is 5.53. The van der Waals surface area contributed by atoms with Crippen molar-refractivity contribution in [2.75, 3.05) is 0 Å². The van der Waals surface area contributed by atoms with Gasteiger partial charge in [-0.2, -0.15) is 0 Å². The van der Waals surface area contributed by atoms with Crippen molar-refractivity contribution in [2.45, 2.75) is 78.6 Å². The summed E-state index contributed by atoms with van der Waals surface area (Å²) < 4.78 is 0. The first-order valence-corrected chi connectivity index (χ1v) is 7.31. The van der Waals surface area contributed by atoms with E-state index in [1.54, 1.807) is 0 Å². The molecule has 0 heteroatoms. The Bertz CT molecular complexity index is 150. The molecule has 1 rings (SSSR count). The van der Waals surface area contributed by atoms with Crippen LogP contribution in [0.5, 0.6) is 0 Å². The third-order valence-electron chi connectivity index (χ3n) is 4.27. The van der Waals surface area contributed by atoms with Gasteiger partial charge in [0.15, 0.2) is 0 Å². The van der Waals surface area contributed by atoms with Gasteiger partial charge in [-0.3, -0.25) is 0 Å². The highest BCUT2D eigenvalue weighted by Crippen LogP contribution is 2.51. The molecule has 1 aliphatic rings. The molecule has 90 valence electrons. The maximum absolute atomic E-state index is 2.46. The van der Waals surface area contributed by atoms with Crippen molar-refractivity contribution in [3.8, 4) is 0 Å². The molecule has 0 bridgehead atoms. The summed E-state index contributed by atoms with van der Waals surface area (Å²) in [5.74, 6) is 3.27. The molecular weight excluding hydrogens is 180 g/mol. The third-order valence-corrected chi connectivity index (χ3v) is 4.27. The SMILES string of the molecule is CCCCCCCCC1C(C)C1CCC. The van der Waals surface area contributed by atoms with E-state index >= 15 is 0 Å². The van der Waals surface area contributed by atoms with Crippen molar-refractivity contribution in [2.24, 2.45) is 17.8 Å². The smallest absolute Gasteiger partial charge is 0.0355 e. The lowest BCUT2D eigenvalue weighted by atomic mass is 10.1. The minimum atomic E-state index is 1.06. The molecule has 0 aromatic heterocycles. The molecule has 0 N–H and O–H groups in total. The predicted molar refractivity (Wildman–Crippen MR) is 69.0 cm³/mol. The van der Waals surface area contributed by atoms with E-state index in [0.717, 1.165) is 17.8 Å². The summed E-state index contributed by atoms with van der Waals surface area (Å²) in [5.41, 5.74) is 0. The molecule has 0 amide bonds. The van der Waals surface area contributed by atoms with Crippen molar-refractivity contribution >= 4 is 0 Å². The molecule has 0 heterocycles. The van der Waals surface area contributed by atoms with Crippen LogP contribution in [0.4, 0.5) is 0 Å². The summed E-state index contributed by atoms with van der Waals surface area (Å²) in [5, 5.41) is 0. The van der Waals surface area contributed by atoms with Crippen LogP contribution in [0.25, 0.3) is 0 Å². The Morgan fingerprint density at radius 2 is 1.27 bits per heavy atom. The number of hydrogen-bond donors (Lipinski definition) is 0. The highest BCUT2D eigenvalue weighted by molar-refractivity contribution is 4.93. The summed E-state index contributed by atoms with van der Waals surface area (Å²) in [6.45, 7) is 7.08. The van der Waals surface area contributed by atoms with E-state index in [0.29, 0.717) is 0 Å². The number of rotatable bonds is 9. The zero-order valence-electron chi connectivity index (χ0n) is 11.1. The van der Waals surface area contributed by atoms with Gasteiger partial charge < -0.3 is 0 Å². The van der Waals surface area contributed by atoms with Crippen LogP contribution in [0.3, 0.4) is 0 Å². The minimum absolute atomic E-state index is 1.06. The van der Waals surface area contributed by atoms with E-state index < -0.39 is 0 Å². The van der Waals surface area contributed by atoms with Crippen molar-refractivity contribution in [3.05, 3.63) is 0 Å². The summed E-state index contributed by atoms with van der Waals surface area (Å²) in [6.07, 6.45) is 13.2. The van der Waals surface area contributed by atoms with Crippen LogP contribution in [-0.4, -0.2) is 0 Å². The molecule has 0 saturated heterocycles. The zero-order chi connectivity index (χ0) is 11.1. The standard InChI is InChI=1S/C15H30/c1-4-6-7-8-9-10-12-15-13(3)14(15)11-5-2/h13-15H,4-12H2,1-3H3. The molecule has 0 radical (unpaired) electrons. The first-order chi connectivity index (χ1) is 7.31. The van der Waals surface area contributed by atoms with E-state index in [-0.39, 0.29) is 0 Å². The van der Waals surface area contributed by atoms with E-state index in [1.807, 2.05) is 0 Å². The Kier molecular flexibility index (Phi) is 6.36. The van der Waals surface area contributed by atoms with Crippen LogP contribution in [0.15, 0.2) is 0 Å². The fraction of sp³-hybridized carbons (Fsp3) is 1.00. The molecule has 0 aromatic rings. The van der Waals surface area contributed by atoms with Crippen LogP contribution >= 0.6 is 0 Å². The molecule has 0 aromatic carbocycles. The van der Waals surface area contributed by atoms with Gasteiger partial charge in [0.2, 0.25) is 0 Å². The summed E-state index contributed by atoms with van der Waals surface area (Å²) in [7, 11) is 0. The maximum Gasteiger partial charge on any atom is -0.0355 e. The predicted octanol–water partition coefficient (Wildman–Crippen LogP) is 5.42. The number of unbranched alkanes of at least 4 members (excludes halogenated alkanes) is 5. The van der Waals surface area contributed by atoms with Gasteiger partial charge in [-0.1, -0.05) is 72.1 Å². The molecule has 1 aliphatic carbocycles. The Labute approximate surface area is 96.8 Å². The monoisotopic (exact) mass is 210 g/mol. The van der Waals surface area contributed by atoms with Gasteiger partial charge in [-0.15, -0.1) is 0 Å². The van der Waals surface area contributed by atoms with Crippen molar-refractivity contribution in [1.82, 2.24) is 0 Å². The van der Waals surface area contributed by atoms with Crippen LogP contribution < -0.4 is 0 Å². The lowest BCUT2D eigenvalue weighted by Gasteiger charge is -2.00. The molecule has 1 fully saturated rings. The van der Waals surface area contributed by atoms with Crippen molar-refractivity contribution in [3.63, 3.8) is 0 Å². The summed E-state index contributed by atoms with van der Waals surface area (Å²) in [6, 6.07) is 0. The largest absolute Gasteiger partial charge is 0.0654 e. The average molecular weight is 210 g/mol. The van der Waals surface area contributed by atoms with E-state index in [9.17, 15) is 0 Å². The highest BCUT2D eigenvalue weighted by Gasteiger charge is 2.44. The van der Waals surface area contributed by atoms with Crippen molar-refractivity contribution < 1.29 is 0 Å².